The van der Waals surface area contributed by atoms with Crippen molar-refractivity contribution in [1.29, 1.82) is 0 Å². The van der Waals surface area contributed by atoms with Crippen LogP contribution in [0.25, 0.3) is 10.9 Å². The van der Waals surface area contributed by atoms with Crippen LogP contribution in [0.4, 0.5) is 21.8 Å². The van der Waals surface area contributed by atoms with E-state index in [9.17, 15) is 4.39 Å². The number of fused-ring (bicyclic) bond motifs is 1. The molecule has 0 spiro atoms. The molecule has 0 radical (unpaired) electrons. The number of nitrogen functional groups attached to an aromatic ring is 1. The summed E-state index contributed by atoms with van der Waals surface area (Å²) in [5.41, 5.74) is 7.44. The van der Waals surface area contributed by atoms with Gasteiger partial charge in [-0.15, -0.1) is 0 Å². The summed E-state index contributed by atoms with van der Waals surface area (Å²) in [6.07, 6.45) is 1.70. The Kier molecular flexibility index (Phi) is 5.24. The van der Waals surface area contributed by atoms with Gasteiger partial charge < -0.3 is 25.4 Å². The number of nitrogens with two attached hydrogens (primary N) is 1. The van der Waals surface area contributed by atoms with Crippen molar-refractivity contribution in [3.05, 3.63) is 42.2 Å². The van der Waals surface area contributed by atoms with E-state index in [1.807, 2.05) is 12.1 Å². The summed E-state index contributed by atoms with van der Waals surface area (Å²) in [5.74, 6) is 1.94. The van der Waals surface area contributed by atoms with Gasteiger partial charge in [0.1, 0.15) is 11.6 Å². The molecule has 1 aromatic heterocycles. The van der Waals surface area contributed by atoms with Gasteiger partial charge in [-0.05, 0) is 31.0 Å². The van der Waals surface area contributed by atoms with Crippen LogP contribution >= 0.6 is 0 Å². The first-order valence-corrected chi connectivity index (χ1v) is 9.54. The fraction of sp³-hybridized carbons (Fsp3) is 0.333. The van der Waals surface area contributed by atoms with E-state index in [1.54, 1.807) is 32.4 Å². The third-order valence-corrected chi connectivity index (χ3v) is 5.23. The molecule has 3 aromatic rings. The third-order valence-electron chi connectivity index (χ3n) is 5.23. The molecule has 0 saturated carbocycles. The lowest BCUT2D eigenvalue weighted by Crippen LogP contribution is -2.40. The van der Waals surface area contributed by atoms with E-state index in [4.69, 9.17) is 15.2 Å². The summed E-state index contributed by atoms with van der Waals surface area (Å²) in [6.45, 7) is 1.51. The molecule has 3 N–H and O–H groups in total. The normalized spacial score (nSPS) is 14.8. The molecular formula is C21H24FN5O2. The number of halogens is 1. The van der Waals surface area contributed by atoms with E-state index in [2.05, 4.69) is 20.2 Å². The topological polar surface area (TPSA) is 85.5 Å². The molecule has 7 nitrogen and oxygen atoms in total. The monoisotopic (exact) mass is 397 g/mol. The summed E-state index contributed by atoms with van der Waals surface area (Å²) in [4.78, 5) is 11.3. The van der Waals surface area contributed by atoms with Crippen molar-refractivity contribution in [1.82, 2.24) is 9.97 Å². The van der Waals surface area contributed by atoms with Gasteiger partial charge in [0.2, 0.25) is 5.95 Å². The van der Waals surface area contributed by atoms with Crippen molar-refractivity contribution in [2.75, 3.05) is 43.3 Å². The molecule has 8 heteroatoms. The predicted molar refractivity (Wildman–Crippen MR) is 112 cm³/mol. The van der Waals surface area contributed by atoms with Crippen LogP contribution in [-0.2, 0) is 0 Å². The Bertz CT molecular complexity index is 1020. The average Bonchev–Trinajstić information content (AvgIpc) is 2.75. The van der Waals surface area contributed by atoms with Crippen molar-refractivity contribution in [3.63, 3.8) is 0 Å². The molecule has 4 rings (SSSR count). The number of hydrogen-bond donors (Lipinski definition) is 2. The lowest BCUT2D eigenvalue weighted by atomic mass is 10.0. The molecule has 0 unspecified atom stereocenters. The number of methoxy groups -OCH3 is 2. The smallest absolute Gasteiger partial charge is 0.227 e. The predicted octanol–water partition coefficient (Wildman–Crippen LogP) is 3.45. The van der Waals surface area contributed by atoms with Gasteiger partial charge >= 0.3 is 0 Å². The number of benzene rings is 2. The first-order chi connectivity index (χ1) is 14.1. The summed E-state index contributed by atoms with van der Waals surface area (Å²) in [6, 6.07) is 10.5. The zero-order valence-electron chi connectivity index (χ0n) is 16.5. The Labute approximate surface area is 168 Å². The molecule has 29 heavy (non-hydrogen) atoms. The molecule has 0 bridgehead atoms. The van der Waals surface area contributed by atoms with Gasteiger partial charge in [-0.3, -0.25) is 0 Å². The SMILES string of the molecule is COc1cc2nc(N3CCC(Nc4ccccc4F)CC3)nc(N)c2cc1OC. The van der Waals surface area contributed by atoms with E-state index >= 15 is 0 Å². The number of ether oxygens (including phenoxy) is 2. The van der Waals surface area contributed by atoms with E-state index in [0.717, 1.165) is 31.3 Å². The first kappa shape index (κ1) is 19.0. The van der Waals surface area contributed by atoms with Gasteiger partial charge in [0.25, 0.3) is 0 Å². The quantitative estimate of drug-likeness (QED) is 0.682. The summed E-state index contributed by atoms with van der Waals surface area (Å²) in [7, 11) is 3.16. The maximum absolute atomic E-state index is 13.9. The number of nitrogens with one attached hydrogen (secondary N) is 1. The maximum Gasteiger partial charge on any atom is 0.227 e. The molecule has 1 aliphatic rings. The highest BCUT2D eigenvalue weighted by Gasteiger charge is 2.23. The molecule has 1 fully saturated rings. The van der Waals surface area contributed by atoms with Crippen LogP contribution in [0.2, 0.25) is 0 Å². The summed E-state index contributed by atoms with van der Waals surface area (Å²) >= 11 is 0. The molecule has 0 atom stereocenters. The van der Waals surface area contributed by atoms with Gasteiger partial charge in [-0.2, -0.15) is 4.98 Å². The minimum Gasteiger partial charge on any atom is -0.493 e. The maximum atomic E-state index is 13.9. The highest BCUT2D eigenvalue weighted by atomic mass is 19.1. The van der Waals surface area contributed by atoms with Crippen LogP contribution in [0, 0.1) is 5.82 Å². The van der Waals surface area contributed by atoms with E-state index in [-0.39, 0.29) is 11.9 Å². The zero-order valence-corrected chi connectivity index (χ0v) is 16.5. The lowest BCUT2D eigenvalue weighted by molar-refractivity contribution is 0.356. The number of anilines is 3. The number of hydrogen-bond acceptors (Lipinski definition) is 7. The second kappa shape index (κ2) is 7.98. The summed E-state index contributed by atoms with van der Waals surface area (Å²) in [5, 5.41) is 4.02. The van der Waals surface area contributed by atoms with Crippen molar-refractivity contribution < 1.29 is 13.9 Å². The average molecular weight is 397 g/mol. The van der Waals surface area contributed by atoms with Crippen LogP contribution in [0.5, 0.6) is 11.5 Å². The van der Waals surface area contributed by atoms with Gasteiger partial charge in [0.05, 0.1) is 25.4 Å². The minimum absolute atomic E-state index is 0.199. The number of nitrogens with zero attached hydrogens (tertiary/aromatic N) is 3. The van der Waals surface area contributed by atoms with Gasteiger partial charge in [-0.1, -0.05) is 12.1 Å². The molecule has 152 valence electrons. The molecule has 0 aliphatic carbocycles. The number of rotatable bonds is 5. The molecule has 1 aliphatic heterocycles. The van der Waals surface area contributed by atoms with E-state index in [1.165, 1.54) is 6.07 Å². The van der Waals surface area contributed by atoms with Crippen molar-refractivity contribution >= 4 is 28.4 Å². The molecule has 2 heterocycles. The standard InChI is InChI=1S/C21H24FN5O2/c1-28-18-11-14-17(12-19(18)29-2)25-21(26-20(14)23)27-9-7-13(8-10-27)24-16-6-4-3-5-15(16)22/h3-6,11-13,24H,7-10H2,1-2H3,(H2,23,25,26). The van der Waals surface area contributed by atoms with Gasteiger partial charge in [0.15, 0.2) is 11.5 Å². The fourth-order valence-corrected chi connectivity index (χ4v) is 3.63. The Morgan fingerprint density at radius 3 is 2.45 bits per heavy atom. The van der Waals surface area contributed by atoms with Crippen molar-refractivity contribution in [2.24, 2.45) is 0 Å². The Balaban J connectivity index is 1.51. The number of para-hydroxylation sites is 1. The molecule has 2 aromatic carbocycles. The van der Waals surface area contributed by atoms with Crippen LogP contribution in [0.3, 0.4) is 0 Å². The minimum atomic E-state index is -0.232. The van der Waals surface area contributed by atoms with Crippen LogP contribution in [-0.4, -0.2) is 43.3 Å². The second-order valence-corrected chi connectivity index (χ2v) is 7.02. The molecule has 1 saturated heterocycles. The highest BCUT2D eigenvalue weighted by Crippen LogP contribution is 2.34. The molecular weight excluding hydrogens is 373 g/mol. The lowest BCUT2D eigenvalue weighted by Gasteiger charge is -2.33. The Hall–Kier alpha value is -3.29. The Morgan fingerprint density at radius 2 is 1.76 bits per heavy atom. The zero-order chi connectivity index (χ0) is 20.4. The van der Waals surface area contributed by atoms with Crippen LogP contribution < -0.4 is 25.4 Å². The van der Waals surface area contributed by atoms with Crippen LogP contribution in [0.15, 0.2) is 36.4 Å². The van der Waals surface area contributed by atoms with E-state index < -0.39 is 0 Å². The number of aromatic nitrogens is 2. The molecule has 0 amide bonds. The number of piperidine rings is 1. The Morgan fingerprint density at radius 1 is 1.07 bits per heavy atom. The van der Waals surface area contributed by atoms with E-state index in [0.29, 0.717) is 34.5 Å². The first-order valence-electron chi connectivity index (χ1n) is 9.54. The third kappa shape index (κ3) is 3.83. The van der Waals surface area contributed by atoms with Gasteiger partial charge in [-0.25, -0.2) is 9.37 Å². The fourth-order valence-electron chi connectivity index (χ4n) is 3.63. The largest absolute Gasteiger partial charge is 0.493 e. The van der Waals surface area contributed by atoms with Crippen molar-refractivity contribution in [3.8, 4) is 11.5 Å². The summed E-state index contributed by atoms with van der Waals surface area (Å²) < 4.78 is 24.6. The van der Waals surface area contributed by atoms with Gasteiger partial charge in [0, 0.05) is 30.6 Å². The van der Waals surface area contributed by atoms with Crippen molar-refractivity contribution in [2.45, 2.75) is 18.9 Å². The highest BCUT2D eigenvalue weighted by molar-refractivity contribution is 5.91. The van der Waals surface area contributed by atoms with Crippen LogP contribution in [0.1, 0.15) is 12.8 Å². The second-order valence-electron chi connectivity index (χ2n) is 7.02.